The van der Waals surface area contributed by atoms with E-state index in [1.54, 1.807) is 0 Å². The molecule has 2 nitrogen and oxygen atoms in total. The van der Waals surface area contributed by atoms with Gasteiger partial charge in [0, 0.05) is 31.2 Å². The molecular formula is C14H28N2S. The standard InChI is InChI=1S/C14H28N2S/c1-4-12-9-15-14(11(2)3)10-16(12)13-5-7-17-8-6-13/h11-15H,4-10H2,1-3H3. The molecule has 0 radical (unpaired) electrons. The topological polar surface area (TPSA) is 15.3 Å². The predicted octanol–water partition coefficient (Wildman–Crippen LogP) is 2.59. The molecule has 0 saturated carbocycles. The van der Waals surface area contributed by atoms with Crippen molar-refractivity contribution in [1.29, 1.82) is 0 Å². The fourth-order valence-corrected chi connectivity index (χ4v) is 4.22. The van der Waals surface area contributed by atoms with Gasteiger partial charge < -0.3 is 5.32 Å². The van der Waals surface area contributed by atoms with Gasteiger partial charge in [-0.3, -0.25) is 4.90 Å². The first-order valence-electron chi connectivity index (χ1n) is 7.29. The van der Waals surface area contributed by atoms with Crippen LogP contribution in [0.25, 0.3) is 0 Å². The van der Waals surface area contributed by atoms with E-state index in [0.29, 0.717) is 6.04 Å². The largest absolute Gasteiger partial charge is 0.311 e. The summed E-state index contributed by atoms with van der Waals surface area (Å²) in [5.41, 5.74) is 0. The Hall–Kier alpha value is 0.270. The molecule has 2 fully saturated rings. The molecule has 2 aliphatic heterocycles. The van der Waals surface area contributed by atoms with Crippen molar-refractivity contribution in [2.75, 3.05) is 24.6 Å². The summed E-state index contributed by atoms with van der Waals surface area (Å²) in [6, 6.07) is 2.34. The number of nitrogens with one attached hydrogen (secondary N) is 1. The lowest BCUT2D eigenvalue weighted by molar-refractivity contribution is 0.0628. The van der Waals surface area contributed by atoms with E-state index in [-0.39, 0.29) is 0 Å². The summed E-state index contributed by atoms with van der Waals surface area (Å²) in [5.74, 6) is 3.50. The highest BCUT2D eigenvalue weighted by Crippen LogP contribution is 2.26. The van der Waals surface area contributed by atoms with E-state index in [9.17, 15) is 0 Å². The Morgan fingerprint density at radius 3 is 2.59 bits per heavy atom. The molecule has 17 heavy (non-hydrogen) atoms. The Labute approximate surface area is 111 Å². The molecule has 0 aliphatic carbocycles. The molecule has 0 aromatic rings. The van der Waals surface area contributed by atoms with Gasteiger partial charge in [-0.05, 0) is 36.7 Å². The fourth-order valence-electron chi connectivity index (χ4n) is 3.13. The van der Waals surface area contributed by atoms with Crippen LogP contribution in [-0.2, 0) is 0 Å². The van der Waals surface area contributed by atoms with Crippen molar-refractivity contribution in [2.45, 2.75) is 58.2 Å². The Balaban J connectivity index is 1.98. The lowest BCUT2D eigenvalue weighted by atomic mass is 9.95. The maximum Gasteiger partial charge on any atom is 0.0221 e. The molecule has 1 N–H and O–H groups in total. The van der Waals surface area contributed by atoms with E-state index >= 15 is 0 Å². The van der Waals surface area contributed by atoms with Crippen LogP contribution in [0.5, 0.6) is 0 Å². The number of nitrogens with zero attached hydrogens (tertiary/aromatic N) is 1. The SMILES string of the molecule is CCC1CNC(C(C)C)CN1C1CCSCC1. The Kier molecular flexibility index (Phi) is 5.19. The summed E-state index contributed by atoms with van der Waals surface area (Å²) < 4.78 is 0. The predicted molar refractivity (Wildman–Crippen MR) is 77.8 cm³/mol. The molecule has 3 heteroatoms. The zero-order valence-electron chi connectivity index (χ0n) is 11.6. The average Bonchev–Trinajstić information content (AvgIpc) is 2.39. The van der Waals surface area contributed by atoms with Gasteiger partial charge in [-0.25, -0.2) is 0 Å². The number of thioether (sulfide) groups is 1. The zero-order valence-corrected chi connectivity index (χ0v) is 12.4. The highest BCUT2D eigenvalue weighted by Gasteiger charge is 2.33. The number of hydrogen-bond acceptors (Lipinski definition) is 3. The molecule has 2 unspecified atom stereocenters. The number of rotatable bonds is 3. The summed E-state index contributed by atoms with van der Waals surface area (Å²) in [7, 11) is 0. The van der Waals surface area contributed by atoms with Crippen molar-refractivity contribution in [3.05, 3.63) is 0 Å². The average molecular weight is 256 g/mol. The van der Waals surface area contributed by atoms with Crippen LogP contribution in [0.3, 0.4) is 0 Å². The summed E-state index contributed by atoms with van der Waals surface area (Å²) in [5, 5.41) is 3.74. The molecule has 0 spiro atoms. The second-order valence-electron chi connectivity index (χ2n) is 5.86. The molecular weight excluding hydrogens is 228 g/mol. The van der Waals surface area contributed by atoms with Gasteiger partial charge in [0.1, 0.15) is 0 Å². The van der Waals surface area contributed by atoms with Crippen LogP contribution in [0.1, 0.15) is 40.0 Å². The van der Waals surface area contributed by atoms with Gasteiger partial charge in [0.2, 0.25) is 0 Å². The lowest BCUT2D eigenvalue weighted by Crippen LogP contribution is -2.61. The number of hydrogen-bond donors (Lipinski definition) is 1. The normalized spacial score (nSPS) is 33.2. The second-order valence-corrected chi connectivity index (χ2v) is 7.09. The van der Waals surface area contributed by atoms with Crippen LogP contribution < -0.4 is 5.32 Å². The van der Waals surface area contributed by atoms with E-state index in [2.05, 4.69) is 42.7 Å². The first-order valence-corrected chi connectivity index (χ1v) is 8.44. The van der Waals surface area contributed by atoms with Gasteiger partial charge in [0.15, 0.2) is 0 Å². The van der Waals surface area contributed by atoms with Crippen molar-refractivity contribution in [2.24, 2.45) is 5.92 Å². The summed E-state index contributed by atoms with van der Waals surface area (Å²) in [6.45, 7) is 9.50. The van der Waals surface area contributed by atoms with Crippen molar-refractivity contribution < 1.29 is 0 Å². The molecule has 2 aliphatic rings. The smallest absolute Gasteiger partial charge is 0.0221 e. The van der Waals surface area contributed by atoms with Crippen LogP contribution in [0.4, 0.5) is 0 Å². The zero-order chi connectivity index (χ0) is 12.3. The van der Waals surface area contributed by atoms with E-state index in [4.69, 9.17) is 0 Å². The molecule has 100 valence electrons. The van der Waals surface area contributed by atoms with Crippen LogP contribution in [0.2, 0.25) is 0 Å². The maximum atomic E-state index is 3.74. The van der Waals surface area contributed by atoms with Gasteiger partial charge in [0.25, 0.3) is 0 Å². The van der Waals surface area contributed by atoms with Gasteiger partial charge in [0.05, 0.1) is 0 Å². The van der Waals surface area contributed by atoms with Crippen molar-refractivity contribution in [1.82, 2.24) is 10.2 Å². The summed E-state index contributed by atoms with van der Waals surface area (Å²) in [4.78, 5) is 2.83. The van der Waals surface area contributed by atoms with Crippen molar-refractivity contribution in [3.8, 4) is 0 Å². The Morgan fingerprint density at radius 1 is 1.29 bits per heavy atom. The third-order valence-corrected chi connectivity index (χ3v) is 5.48. The second kappa shape index (κ2) is 6.44. The molecule has 2 atom stereocenters. The van der Waals surface area contributed by atoms with E-state index < -0.39 is 0 Å². The molecule has 0 aromatic heterocycles. The quantitative estimate of drug-likeness (QED) is 0.835. The first kappa shape index (κ1) is 13.7. The van der Waals surface area contributed by atoms with Crippen LogP contribution >= 0.6 is 11.8 Å². The molecule has 2 heterocycles. The lowest BCUT2D eigenvalue weighted by Gasteiger charge is -2.46. The Morgan fingerprint density at radius 2 is 2.00 bits per heavy atom. The molecule has 0 bridgehead atoms. The maximum absolute atomic E-state index is 3.74. The minimum absolute atomic E-state index is 0.701. The van der Waals surface area contributed by atoms with Gasteiger partial charge in [-0.2, -0.15) is 11.8 Å². The van der Waals surface area contributed by atoms with E-state index in [0.717, 1.165) is 18.0 Å². The van der Waals surface area contributed by atoms with Crippen molar-refractivity contribution in [3.63, 3.8) is 0 Å². The van der Waals surface area contributed by atoms with E-state index in [1.807, 2.05) is 0 Å². The van der Waals surface area contributed by atoms with Crippen molar-refractivity contribution >= 4 is 11.8 Å². The Bertz CT molecular complexity index is 226. The third kappa shape index (κ3) is 3.39. The first-order chi connectivity index (χ1) is 8.22. The summed E-state index contributed by atoms with van der Waals surface area (Å²) in [6.07, 6.45) is 4.11. The highest BCUT2D eigenvalue weighted by atomic mass is 32.2. The van der Waals surface area contributed by atoms with Gasteiger partial charge >= 0.3 is 0 Å². The minimum Gasteiger partial charge on any atom is -0.311 e. The fraction of sp³-hybridized carbons (Fsp3) is 1.00. The summed E-state index contributed by atoms with van der Waals surface area (Å²) >= 11 is 2.14. The molecule has 0 aromatic carbocycles. The third-order valence-electron chi connectivity index (χ3n) is 4.43. The van der Waals surface area contributed by atoms with Crippen LogP contribution in [-0.4, -0.2) is 47.6 Å². The minimum atomic E-state index is 0.701. The van der Waals surface area contributed by atoms with E-state index in [1.165, 1.54) is 43.9 Å². The molecule has 2 saturated heterocycles. The van der Waals surface area contributed by atoms with Crippen LogP contribution in [0, 0.1) is 5.92 Å². The number of piperazine rings is 1. The molecule has 2 rings (SSSR count). The van der Waals surface area contributed by atoms with Crippen LogP contribution in [0.15, 0.2) is 0 Å². The van der Waals surface area contributed by atoms with Gasteiger partial charge in [-0.15, -0.1) is 0 Å². The van der Waals surface area contributed by atoms with Gasteiger partial charge in [-0.1, -0.05) is 20.8 Å². The monoisotopic (exact) mass is 256 g/mol. The molecule has 0 amide bonds. The highest BCUT2D eigenvalue weighted by molar-refractivity contribution is 7.99.